The highest BCUT2D eigenvalue weighted by Gasteiger charge is 2.25. The maximum absolute atomic E-state index is 11.8. The van der Waals surface area contributed by atoms with Crippen LogP contribution in [0.25, 0.3) is 0 Å². The van der Waals surface area contributed by atoms with E-state index in [2.05, 4.69) is 12.6 Å². The van der Waals surface area contributed by atoms with Crippen molar-refractivity contribution in [2.24, 2.45) is 5.92 Å². The Morgan fingerprint density at radius 1 is 1.38 bits per heavy atom. The molecule has 0 spiro atoms. The Morgan fingerprint density at radius 2 is 2.15 bits per heavy atom. The summed E-state index contributed by atoms with van der Waals surface area (Å²) < 4.78 is 0. The van der Waals surface area contributed by atoms with Crippen molar-refractivity contribution in [2.75, 3.05) is 5.75 Å². The zero-order valence-corrected chi connectivity index (χ0v) is 8.26. The predicted molar refractivity (Wildman–Crippen MR) is 56.4 cm³/mol. The zero-order chi connectivity index (χ0) is 9.26. The summed E-state index contributed by atoms with van der Waals surface area (Å²) in [6, 6.07) is 7.89. The van der Waals surface area contributed by atoms with Crippen molar-refractivity contribution in [3.05, 3.63) is 35.4 Å². The van der Waals surface area contributed by atoms with Crippen LogP contribution in [0.5, 0.6) is 0 Å². The molecule has 2 rings (SSSR count). The summed E-state index contributed by atoms with van der Waals surface area (Å²) in [7, 11) is 0. The fourth-order valence-electron chi connectivity index (χ4n) is 1.83. The minimum atomic E-state index is 0.137. The number of carbonyl (C=O) groups excluding carboxylic acids is 1. The van der Waals surface area contributed by atoms with E-state index in [1.165, 1.54) is 5.56 Å². The molecular formula is C11H12OS. The van der Waals surface area contributed by atoms with Gasteiger partial charge in [0, 0.05) is 17.2 Å². The van der Waals surface area contributed by atoms with E-state index in [-0.39, 0.29) is 11.7 Å². The van der Waals surface area contributed by atoms with Gasteiger partial charge in [0.25, 0.3) is 0 Å². The summed E-state index contributed by atoms with van der Waals surface area (Å²) in [6.45, 7) is 0. The number of ketones is 1. The second kappa shape index (κ2) is 3.54. The molecule has 1 aliphatic carbocycles. The fourth-order valence-corrected chi connectivity index (χ4v) is 2.18. The molecule has 68 valence electrons. The topological polar surface area (TPSA) is 17.1 Å². The molecule has 1 unspecified atom stereocenters. The first-order valence-electron chi connectivity index (χ1n) is 4.56. The van der Waals surface area contributed by atoms with E-state index in [9.17, 15) is 4.79 Å². The smallest absolute Gasteiger partial charge is 0.167 e. The molecule has 0 fully saturated rings. The highest BCUT2D eigenvalue weighted by atomic mass is 32.1. The van der Waals surface area contributed by atoms with Gasteiger partial charge in [-0.25, -0.2) is 0 Å². The number of rotatable bonds is 1. The standard InChI is InChI=1S/C11H12OS/c12-11-9(7-13)6-5-8-3-1-2-4-10(8)11/h1-4,9,13H,5-7H2. The summed E-state index contributed by atoms with van der Waals surface area (Å²) in [5, 5.41) is 0. The molecule has 0 bridgehead atoms. The highest BCUT2D eigenvalue weighted by Crippen LogP contribution is 2.25. The van der Waals surface area contributed by atoms with E-state index in [1.807, 2.05) is 24.3 Å². The number of hydrogen-bond donors (Lipinski definition) is 1. The van der Waals surface area contributed by atoms with Gasteiger partial charge >= 0.3 is 0 Å². The maximum Gasteiger partial charge on any atom is 0.167 e. The largest absolute Gasteiger partial charge is 0.294 e. The Morgan fingerprint density at radius 3 is 2.92 bits per heavy atom. The Bertz CT molecular complexity index is 333. The summed E-state index contributed by atoms with van der Waals surface area (Å²) in [5.41, 5.74) is 2.11. The predicted octanol–water partition coefficient (Wildman–Crippen LogP) is 2.36. The van der Waals surface area contributed by atoms with Gasteiger partial charge in [0.15, 0.2) is 5.78 Å². The molecule has 0 heterocycles. The second-order valence-corrected chi connectivity index (χ2v) is 3.80. The van der Waals surface area contributed by atoms with E-state index < -0.39 is 0 Å². The van der Waals surface area contributed by atoms with E-state index in [1.54, 1.807) is 0 Å². The number of aryl methyl sites for hydroxylation is 1. The summed E-state index contributed by atoms with van der Waals surface area (Å²) in [5.74, 6) is 1.09. The van der Waals surface area contributed by atoms with Crippen molar-refractivity contribution < 1.29 is 4.79 Å². The number of benzene rings is 1. The van der Waals surface area contributed by atoms with Crippen molar-refractivity contribution in [1.82, 2.24) is 0 Å². The molecule has 1 nitrogen and oxygen atoms in total. The zero-order valence-electron chi connectivity index (χ0n) is 7.36. The number of thiol groups is 1. The van der Waals surface area contributed by atoms with Crippen LogP contribution in [0.3, 0.4) is 0 Å². The Labute approximate surface area is 83.6 Å². The minimum absolute atomic E-state index is 0.137. The van der Waals surface area contributed by atoms with Crippen molar-refractivity contribution in [2.45, 2.75) is 12.8 Å². The summed E-state index contributed by atoms with van der Waals surface area (Å²) in [4.78, 5) is 11.8. The monoisotopic (exact) mass is 192 g/mol. The molecule has 1 aromatic rings. The maximum atomic E-state index is 11.8. The summed E-state index contributed by atoms with van der Waals surface area (Å²) >= 11 is 4.19. The van der Waals surface area contributed by atoms with Gasteiger partial charge in [-0.3, -0.25) is 4.79 Å². The highest BCUT2D eigenvalue weighted by molar-refractivity contribution is 7.80. The molecule has 1 aromatic carbocycles. The lowest BCUT2D eigenvalue weighted by atomic mass is 9.84. The van der Waals surface area contributed by atoms with Crippen LogP contribution >= 0.6 is 12.6 Å². The third-order valence-corrected chi connectivity index (χ3v) is 3.08. The molecule has 0 amide bonds. The van der Waals surface area contributed by atoms with Crippen LogP contribution in [0.2, 0.25) is 0 Å². The van der Waals surface area contributed by atoms with Crippen LogP contribution in [0.4, 0.5) is 0 Å². The van der Waals surface area contributed by atoms with Crippen LogP contribution in [-0.2, 0) is 6.42 Å². The van der Waals surface area contributed by atoms with Gasteiger partial charge in [0.2, 0.25) is 0 Å². The van der Waals surface area contributed by atoms with Crippen LogP contribution < -0.4 is 0 Å². The van der Waals surface area contributed by atoms with E-state index in [0.29, 0.717) is 5.75 Å². The first-order valence-corrected chi connectivity index (χ1v) is 5.19. The van der Waals surface area contributed by atoms with Crippen LogP contribution in [0.15, 0.2) is 24.3 Å². The molecule has 0 aliphatic heterocycles. The van der Waals surface area contributed by atoms with Gasteiger partial charge in [0.1, 0.15) is 0 Å². The molecule has 1 atom stereocenters. The van der Waals surface area contributed by atoms with Crippen LogP contribution in [0, 0.1) is 5.92 Å². The van der Waals surface area contributed by atoms with E-state index in [0.717, 1.165) is 18.4 Å². The van der Waals surface area contributed by atoms with Crippen molar-refractivity contribution in [3.63, 3.8) is 0 Å². The SMILES string of the molecule is O=C1c2ccccc2CCC1CS. The van der Waals surface area contributed by atoms with Gasteiger partial charge in [-0.05, 0) is 18.4 Å². The molecule has 2 heteroatoms. The lowest BCUT2D eigenvalue weighted by Gasteiger charge is -2.21. The number of fused-ring (bicyclic) bond motifs is 1. The minimum Gasteiger partial charge on any atom is -0.294 e. The van der Waals surface area contributed by atoms with E-state index >= 15 is 0 Å². The fraction of sp³-hybridized carbons (Fsp3) is 0.364. The van der Waals surface area contributed by atoms with Gasteiger partial charge in [-0.1, -0.05) is 24.3 Å². The number of Topliss-reactive ketones (excluding diaryl/α,β-unsaturated/α-hetero) is 1. The Hall–Kier alpha value is -0.760. The first kappa shape index (κ1) is 8.82. The van der Waals surface area contributed by atoms with Gasteiger partial charge in [-0.2, -0.15) is 12.6 Å². The molecular weight excluding hydrogens is 180 g/mol. The van der Waals surface area contributed by atoms with Crippen molar-refractivity contribution in [3.8, 4) is 0 Å². The normalized spacial score (nSPS) is 21.3. The molecule has 0 radical (unpaired) electrons. The van der Waals surface area contributed by atoms with Gasteiger partial charge in [-0.15, -0.1) is 0 Å². The van der Waals surface area contributed by atoms with Crippen LogP contribution in [-0.4, -0.2) is 11.5 Å². The quantitative estimate of drug-likeness (QED) is 0.676. The van der Waals surface area contributed by atoms with E-state index in [4.69, 9.17) is 0 Å². The van der Waals surface area contributed by atoms with Gasteiger partial charge < -0.3 is 0 Å². The summed E-state index contributed by atoms with van der Waals surface area (Å²) in [6.07, 6.45) is 1.98. The molecule has 0 saturated carbocycles. The molecule has 1 aliphatic rings. The molecule has 0 N–H and O–H groups in total. The average Bonchev–Trinajstić information content (AvgIpc) is 2.19. The van der Waals surface area contributed by atoms with Crippen molar-refractivity contribution in [1.29, 1.82) is 0 Å². The first-order chi connectivity index (χ1) is 6.33. The Kier molecular flexibility index (Phi) is 2.40. The number of hydrogen-bond acceptors (Lipinski definition) is 2. The van der Waals surface area contributed by atoms with Crippen molar-refractivity contribution >= 4 is 18.4 Å². The second-order valence-electron chi connectivity index (χ2n) is 3.44. The molecule has 0 saturated heterocycles. The lowest BCUT2D eigenvalue weighted by Crippen LogP contribution is -2.23. The molecule has 0 aromatic heterocycles. The average molecular weight is 192 g/mol. The Balaban J connectivity index is 2.39. The van der Waals surface area contributed by atoms with Crippen LogP contribution in [0.1, 0.15) is 22.3 Å². The molecule has 13 heavy (non-hydrogen) atoms. The van der Waals surface area contributed by atoms with Gasteiger partial charge in [0.05, 0.1) is 0 Å². The number of carbonyl (C=O) groups is 1. The lowest BCUT2D eigenvalue weighted by molar-refractivity contribution is 0.0917. The third-order valence-electron chi connectivity index (χ3n) is 2.64. The third kappa shape index (κ3) is 1.51.